The van der Waals surface area contributed by atoms with Crippen LogP contribution in [-0.4, -0.2) is 14.5 Å². The topological polar surface area (TPSA) is 0 Å². The Bertz CT molecular complexity index is 3290. The van der Waals surface area contributed by atoms with Crippen molar-refractivity contribution >= 4 is 76.9 Å². The fourth-order valence-electron chi connectivity index (χ4n) is 9.96. The molecule has 0 bridgehead atoms. The van der Waals surface area contributed by atoms with Crippen LogP contribution in [-0.2, 0) is 0 Å². The molecule has 0 spiro atoms. The van der Waals surface area contributed by atoms with Gasteiger partial charge in [-0.2, -0.15) is 0 Å². The van der Waals surface area contributed by atoms with E-state index in [0.29, 0.717) is 0 Å². The van der Waals surface area contributed by atoms with Crippen LogP contribution in [0.5, 0.6) is 0 Å². The van der Waals surface area contributed by atoms with Gasteiger partial charge in [0.1, 0.15) is 0 Å². The van der Waals surface area contributed by atoms with Gasteiger partial charge in [0.25, 0.3) is 0 Å². The first-order valence-corrected chi connectivity index (χ1v) is 21.7. The zero-order chi connectivity index (χ0) is 38.4. The maximum atomic E-state index is 2.52. The Morgan fingerprint density at radius 2 is 0.649 bits per heavy atom. The fraction of sp³-hybridized carbons (Fsp3) is 0.0714. The molecule has 0 aliphatic carbocycles. The third-order valence-electron chi connectivity index (χ3n) is 12.4. The molecule has 1 heterocycles. The molecule has 0 aliphatic heterocycles. The zero-order valence-electron chi connectivity index (χ0n) is 32.6. The van der Waals surface area contributed by atoms with E-state index in [2.05, 4.69) is 198 Å². The van der Waals surface area contributed by atoms with Gasteiger partial charge in [-0.25, -0.2) is 0 Å². The zero-order valence-corrected chi connectivity index (χ0v) is 34.3. The molecule has 0 amide bonds. The summed E-state index contributed by atoms with van der Waals surface area (Å²) in [5, 5.41) is 13.2. The quantitative estimate of drug-likeness (QED) is 0.123. The molecule has 0 atom stereocenters. The summed E-state index contributed by atoms with van der Waals surface area (Å²) in [5.41, 5.74) is 16.0. The minimum atomic E-state index is 0.120. The van der Waals surface area contributed by atoms with Crippen LogP contribution in [0.25, 0.3) is 107 Å². The Kier molecular flexibility index (Phi) is 7.87. The third kappa shape index (κ3) is 5.13. The van der Waals surface area contributed by atoms with Crippen molar-refractivity contribution in [2.75, 3.05) is 0 Å². The molecule has 0 aliphatic rings. The molecular weight excluding hydrogens is 752 g/mol. The Morgan fingerprint density at radius 1 is 0.281 bits per heavy atom. The van der Waals surface area contributed by atoms with Crippen molar-refractivity contribution in [1.29, 1.82) is 0 Å². The third-order valence-corrected chi connectivity index (χ3v) is 14.9. The van der Waals surface area contributed by atoms with E-state index in [1.165, 1.54) is 129 Å². The van der Waals surface area contributed by atoms with Crippen LogP contribution in [0.2, 0.25) is 0 Å². The molecule has 270 valence electrons. The van der Waals surface area contributed by atoms with Crippen LogP contribution >= 0.6 is 0 Å². The molecule has 0 unspecified atom stereocenters. The molecule has 0 N–H and O–H groups in total. The van der Waals surface area contributed by atoms with Crippen molar-refractivity contribution in [3.05, 3.63) is 192 Å². The SMILES string of the molecule is Cc1cccc(C)c1-c1c2ccccc2c(-c2ccc3c(c2)[se]c2c(-c4c5ccccc5c(-c5c(C)cccc5C)c5ccccc45)cccc23)c2ccccc12. The monoisotopic (exact) mass is 792 g/mol. The van der Waals surface area contributed by atoms with E-state index in [1.54, 1.807) is 0 Å². The number of benzene rings is 10. The van der Waals surface area contributed by atoms with Gasteiger partial charge >= 0.3 is 341 Å². The van der Waals surface area contributed by atoms with Gasteiger partial charge in [-0.1, -0.05) is 0 Å². The van der Waals surface area contributed by atoms with E-state index >= 15 is 0 Å². The predicted octanol–water partition coefficient (Wildman–Crippen LogP) is 15.6. The predicted molar refractivity (Wildman–Crippen MR) is 249 cm³/mol. The second-order valence-electron chi connectivity index (χ2n) is 15.7. The van der Waals surface area contributed by atoms with Crippen molar-refractivity contribution in [1.82, 2.24) is 0 Å². The van der Waals surface area contributed by atoms with E-state index in [1.807, 2.05) is 0 Å². The number of hydrogen-bond donors (Lipinski definition) is 0. The summed E-state index contributed by atoms with van der Waals surface area (Å²) in [6.45, 7) is 9.00. The summed E-state index contributed by atoms with van der Waals surface area (Å²) in [4.78, 5) is 0. The van der Waals surface area contributed by atoms with Crippen molar-refractivity contribution in [3.8, 4) is 44.5 Å². The summed E-state index contributed by atoms with van der Waals surface area (Å²) >= 11 is 0.120. The molecule has 11 rings (SSSR count). The molecule has 10 aromatic carbocycles. The molecule has 57 heavy (non-hydrogen) atoms. The van der Waals surface area contributed by atoms with Crippen LogP contribution in [0.1, 0.15) is 22.3 Å². The molecular formula is C56H40Se. The number of fused-ring (bicyclic) bond motifs is 7. The first-order chi connectivity index (χ1) is 28.0. The number of aryl methyl sites for hydroxylation is 4. The van der Waals surface area contributed by atoms with Crippen molar-refractivity contribution in [2.45, 2.75) is 27.7 Å². The van der Waals surface area contributed by atoms with Crippen molar-refractivity contribution < 1.29 is 0 Å². The molecule has 0 saturated carbocycles. The Hall–Kier alpha value is -6.24. The minimum absolute atomic E-state index is 0.120. The normalized spacial score (nSPS) is 11.9. The summed E-state index contributed by atoms with van der Waals surface area (Å²) in [6.07, 6.45) is 0. The molecule has 11 aromatic rings. The van der Waals surface area contributed by atoms with Crippen LogP contribution < -0.4 is 0 Å². The van der Waals surface area contributed by atoms with Gasteiger partial charge in [0.15, 0.2) is 0 Å². The van der Waals surface area contributed by atoms with Gasteiger partial charge in [-0.15, -0.1) is 0 Å². The van der Waals surface area contributed by atoms with Gasteiger partial charge in [-0.05, 0) is 0 Å². The average molecular weight is 792 g/mol. The fourth-order valence-corrected chi connectivity index (χ4v) is 12.6. The van der Waals surface area contributed by atoms with Crippen LogP contribution in [0.4, 0.5) is 0 Å². The average Bonchev–Trinajstić information content (AvgIpc) is 3.61. The molecule has 0 saturated heterocycles. The maximum absolute atomic E-state index is 2.52. The summed E-state index contributed by atoms with van der Waals surface area (Å²) < 4.78 is 2.93. The van der Waals surface area contributed by atoms with Gasteiger partial charge < -0.3 is 0 Å². The van der Waals surface area contributed by atoms with Gasteiger partial charge in [0, 0.05) is 0 Å². The second-order valence-corrected chi connectivity index (χ2v) is 17.9. The Labute approximate surface area is 339 Å². The first-order valence-electron chi connectivity index (χ1n) is 19.9. The van der Waals surface area contributed by atoms with Crippen LogP contribution in [0.3, 0.4) is 0 Å². The van der Waals surface area contributed by atoms with Gasteiger partial charge in [0.05, 0.1) is 0 Å². The summed E-state index contributed by atoms with van der Waals surface area (Å²) in [6, 6.07) is 64.0. The molecule has 0 fully saturated rings. The van der Waals surface area contributed by atoms with Crippen LogP contribution in [0.15, 0.2) is 170 Å². The Morgan fingerprint density at radius 3 is 1.09 bits per heavy atom. The van der Waals surface area contributed by atoms with Crippen molar-refractivity contribution in [3.63, 3.8) is 0 Å². The van der Waals surface area contributed by atoms with Crippen molar-refractivity contribution in [2.24, 2.45) is 0 Å². The van der Waals surface area contributed by atoms with Crippen LogP contribution in [0, 0.1) is 27.7 Å². The standard InChI is InChI=1S/C56H40Se/c1-33-16-13-17-34(2)50(33)54-43-24-9-5-20-39(43)52(40-21-6-10-25-44(40)54)37-30-31-38-47-28-15-29-48(56(47)57-49(38)32-37)53-41-22-7-11-26-45(41)55(46-27-12-8-23-42(46)53)51-35(3)18-14-19-36(51)4/h5-32H,1-4H3. The molecule has 0 nitrogen and oxygen atoms in total. The first kappa shape index (κ1) is 34.0. The number of rotatable bonds is 4. The van der Waals surface area contributed by atoms with E-state index in [4.69, 9.17) is 0 Å². The molecule has 1 aromatic heterocycles. The number of hydrogen-bond acceptors (Lipinski definition) is 0. The van der Waals surface area contributed by atoms with Gasteiger partial charge in [0.2, 0.25) is 0 Å². The summed E-state index contributed by atoms with van der Waals surface area (Å²) in [5.74, 6) is 0. The van der Waals surface area contributed by atoms with E-state index < -0.39 is 0 Å². The van der Waals surface area contributed by atoms with Gasteiger partial charge in [-0.3, -0.25) is 0 Å². The van der Waals surface area contributed by atoms with E-state index in [0.717, 1.165) is 0 Å². The molecule has 0 radical (unpaired) electrons. The summed E-state index contributed by atoms with van der Waals surface area (Å²) in [7, 11) is 0. The molecule has 1 heteroatoms. The van der Waals surface area contributed by atoms with E-state index in [9.17, 15) is 0 Å². The second kappa shape index (κ2) is 13.2. The van der Waals surface area contributed by atoms with E-state index in [-0.39, 0.29) is 14.5 Å². The Balaban J connectivity index is 1.18.